The van der Waals surface area contributed by atoms with Gasteiger partial charge in [0.25, 0.3) is 0 Å². The number of aliphatic hydroxyl groups is 4. The lowest BCUT2D eigenvalue weighted by Gasteiger charge is -2.44. The number of esters is 2. The summed E-state index contributed by atoms with van der Waals surface area (Å²) < 4.78 is 11.7. The summed E-state index contributed by atoms with van der Waals surface area (Å²) in [5.41, 5.74) is 0. The van der Waals surface area contributed by atoms with E-state index in [2.05, 4.69) is 61.1 Å². The fourth-order valence-electron chi connectivity index (χ4n) is 14.0. The van der Waals surface area contributed by atoms with Gasteiger partial charge in [-0.3, -0.25) is 29.2 Å². The molecule has 1 fully saturated rings. The van der Waals surface area contributed by atoms with Crippen LogP contribution in [0.15, 0.2) is 0 Å². The average molecular weight is 1310 g/mol. The summed E-state index contributed by atoms with van der Waals surface area (Å²) in [7, 11) is 0. The van der Waals surface area contributed by atoms with Gasteiger partial charge in [0, 0.05) is 77.5 Å². The molecule has 92 heavy (non-hydrogen) atoms. The summed E-state index contributed by atoms with van der Waals surface area (Å²) >= 11 is 0. The molecule has 548 valence electrons. The van der Waals surface area contributed by atoms with Crippen LogP contribution in [-0.2, 0) is 19.1 Å². The second-order valence-electron chi connectivity index (χ2n) is 29.5. The Labute approximate surface area is 571 Å². The summed E-state index contributed by atoms with van der Waals surface area (Å²) in [5, 5.41) is 44.8. The Bertz CT molecular complexity index is 1360. The van der Waals surface area contributed by atoms with Crippen LogP contribution in [0.25, 0.3) is 0 Å². The molecular formula is C80H160N4O8. The first-order valence-electron chi connectivity index (χ1n) is 40.9. The maximum atomic E-state index is 13.3. The van der Waals surface area contributed by atoms with E-state index >= 15 is 0 Å². The van der Waals surface area contributed by atoms with Gasteiger partial charge in [-0.15, -0.1) is 0 Å². The van der Waals surface area contributed by atoms with Crippen molar-refractivity contribution in [1.29, 1.82) is 0 Å². The molecule has 1 aliphatic heterocycles. The number of aliphatic hydroxyl groups excluding tert-OH is 4. The van der Waals surface area contributed by atoms with E-state index in [1.165, 1.54) is 257 Å². The maximum absolute atomic E-state index is 13.3. The highest BCUT2D eigenvalue weighted by Gasteiger charge is 2.29. The Morgan fingerprint density at radius 3 is 0.707 bits per heavy atom. The van der Waals surface area contributed by atoms with Crippen LogP contribution >= 0.6 is 0 Å². The van der Waals surface area contributed by atoms with E-state index in [0.717, 1.165) is 90.1 Å². The second kappa shape index (κ2) is 66.8. The molecule has 0 aromatic heterocycles. The number of carbonyl (C=O) groups is 2. The van der Waals surface area contributed by atoms with Crippen LogP contribution in [0.5, 0.6) is 0 Å². The van der Waals surface area contributed by atoms with E-state index in [-0.39, 0.29) is 36.9 Å². The third kappa shape index (κ3) is 57.7. The summed E-state index contributed by atoms with van der Waals surface area (Å²) in [6.45, 7) is 19.9. The van der Waals surface area contributed by atoms with Crippen LogP contribution in [0.1, 0.15) is 388 Å². The molecule has 0 radical (unpaired) electrons. The predicted octanol–water partition coefficient (Wildman–Crippen LogP) is 19.7. The van der Waals surface area contributed by atoms with Crippen LogP contribution in [0.4, 0.5) is 0 Å². The number of nitrogens with zero attached hydrogens (tertiary/aromatic N) is 4. The van der Waals surface area contributed by atoms with Crippen LogP contribution in [0, 0.1) is 0 Å². The van der Waals surface area contributed by atoms with Crippen LogP contribution in [0.2, 0.25) is 0 Å². The molecule has 12 nitrogen and oxygen atoms in total. The standard InChI is InChI=1S/C80H160N4O8/c1-7-11-15-19-23-27-31-35-39-43-47-51-55-75(85)69-81(70-76(86)56-52-48-44-40-36-32-28-24-20-16-12-8-2)61-59-79(89)91-65-63-83-67-74(6)84(68-73(83)5)64-66-92-80(90)60-62-82(71-77(87)57-53-49-45-41-37-33-29-25-21-17-13-9-3)72-78(88)58-54-50-46-42-38-34-30-26-22-18-14-10-4/h73-78,85-88H,7-72H2,1-6H3. The highest BCUT2D eigenvalue weighted by atomic mass is 16.5. The molecule has 4 N–H and O–H groups in total. The Kier molecular flexibility index (Phi) is 64.4. The summed E-state index contributed by atoms with van der Waals surface area (Å²) in [5.74, 6) is -0.468. The van der Waals surface area contributed by atoms with Crippen molar-refractivity contribution in [1.82, 2.24) is 19.6 Å². The van der Waals surface area contributed by atoms with Gasteiger partial charge in [0.05, 0.1) is 37.3 Å². The smallest absolute Gasteiger partial charge is 0.307 e. The summed E-state index contributed by atoms with van der Waals surface area (Å²) in [6.07, 6.45) is 63.4. The number of hydrogen-bond donors (Lipinski definition) is 4. The van der Waals surface area contributed by atoms with Crippen LogP contribution in [-0.4, -0.2) is 167 Å². The highest BCUT2D eigenvalue weighted by Crippen LogP contribution is 2.21. The van der Waals surface area contributed by atoms with Gasteiger partial charge < -0.3 is 29.9 Å². The molecule has 0 aliphatic carbocycles. The number of piperazine rings is 1. The molecule has 0 amide bonds. The first-order chi connectivity index (χ1) is 44.9. The Balaban J connectivity index is 2.60. The molecule has 0 bridgehead atoms. The quantitative estimate of drug-likeness (QED) is 0.0340. The lowest BCUT2D eigenvalue weighted by atomic mass is 10.0. The van der Waals surface area contributed by atoms with Crippen molar-refractivity contribution in [2.45, 2.75) is 425 Å². The molecule has 1 aliphatic rings. The second-order valence-corrected chi connectivity index (χ2v) is 29.5. The zero-order valence-electron chi connectivity index (χ0n) is 62.3. The van der Waals surface area contributed by atoms with E-state index in [1.807, 2.05) is 0 Å². The third-order valence-electron chi connectivity index (χ3n) is 20.2. The summed E-state index contributed by atoms with van der Waals surface area (Å²) in [6, 6.07) is 0.482. The zero-order chi connectivity index (χ0) is 67.0. The monoisotopic (exact) mass is 1310 g/mol. The highest BCUT2D eigenvalue weighted by molar-refractivity contribution is 5.69. The SMILES string of the molecule is CCCCCCCCCCCCCCC(O)CN(CCC(=O)OCCN1CC(C)N(CCOC(=O)CCN(CC(O)CCCCCCCCCCCCCC)CC(O)CCCCCCCCCCCCCC)CC1C)CC(O)CCCCCCCCCCCCCC. The van der Waals surface area contributed by atoms with Crippen molar-refractivity contribution >= 4 is 11.9 Å². The number of rotatable bonds is 72. The van der Waals surface area contributed by atoms with Crippen molar-refractivity contribution in [2.75, 3.05) is 78.7 Å². The van der Waals surface area contributed by atoms with Gasteiger partial charge >= 0.3 is 11.9 Å². The normalized spacial score (nSPS) is 16.3. The number of ether oxygens (including phenoxy) is 2. The van der Waals surface area contributed by atoms with E-state index < -0.39 is 24.4 Å². The van der Waals surface area contributed by atoms with E-state index in [1.54, 1.807) is 0 Å². The average Bonchev–Trinajstić information content (AvgIpc) is 2.96. The van der Waals surface area contributed by atoms with Gasteiger partial charge in [0.1, 0.15) is 13.2 Å². The molecule has 0 spiro atoms. The van der Waals surface area contributed by atoms with Crippen LogP contribution in [0.3, 0.4) is 0 Å². The molecule has 0 aromatic rings. The van der Waals surface area contributed by atoms with E-state index in [9.17, 15) is 30.0 Å². The van der Waals surface area contributed by atoms with Gasteiger partial charge in [0.15, 0.2) is 0 Å². The molecule has 0 saturated carbocycles. The zero-order valence-corrected chi connectivity index (χ0v) is 62.3. The molecule has 12 heteroatoms. The Hall–Kier alpha value is -1.38. The Morgan fingerprint density at radius 2 is 0.511 bits per heavy atom. The minimum absolute atomic E-state index is 0.232. The molecule has 1 rings (SSSR count). The first kappa shape index (κ1) is 88.6. The summed E-state index contributed by atoms with van der Waals surface area (Å²) in [4.78, 5) is 35.5. The van der Waals surface area contributed by atoms with Crippen molar-refractivity contribution in [2.24, 2.45) is 0 Å². The first-order valence-corrected chi connectivity index (χ1v) is 40.9. The van der Waals surface area contributed by atoms with Gasteiger partial charge in [-0.2, -0.15) is 0 Å². The minimum Gasteiger partial charge on any atom is -0.464 e. The largest absolute Gasteiger partial charge is 0.464 e. The van der Waals surface area contributed by atoms with E-state index in [4.69, 9.17) is 9.47 Å². The van der Waals surface area contributed by atoms with Crippen molar-refractivity contribution in [3.05, 3.63) is 0 Å². The minimum atomic E-state index is -0.480. The van der Waals surface area contributed by atoms with Gasteiger partial charge in [-0.25, -0.2) is 0 Å². The van der Waals surface area contributed by atoms with Crippen molar-refractivity contribution < 1.29 is 39.5 Å². The topological polar surface area (TPSA) is 146 Å². The maximum Gasteiger partial charge on any atom is 0.307 e. The van der Waals surface area contributed by atoms with Gasteiger partial charge in [0.2, 0.25) is 0 Å². The Morgan fingerprint density at radius 1 is 0.326 bits per heavy atom. The van der Waals surface area contributed by atoms with Gasteiger partial charge in [-0.1, -0.05) is 336 Å². The molecular weight excluding hydrogens is 1140 g/mol. The molecule has 6 atom stereocenters. The fraction of sp³-hybridized carbons (Fsp3) is 0.975. The van der Waals surface area contributed by atoms with Gasteiger partial charge in [-0.05, 0) is 39.5 Å². The van der Waals surface area contributed by atoms with Crippen molar-refractivity contribution in [3.8, 4) is 0 Å². The van der Waals surface area contributed by atoms with Crippen LogP contribution < -0.4 is 0 Å². The molecule has 1 saturated heterocycles. The molecule has 6 unspecified atom stereocenters. The third-order valence-corrected chi connectivity index (χ3v) is 20.2. The van der Waals surface area contributed by atoms with Crippen molar-refractivity contribution in [3.63, 3.8) is 0 Å². The number of carbonyl (C=O) groups excluding carboxylic acids is 2. The lowest BCUT2D eigenvalue weighted by Crippen LogP contribution is -2.57. The predicted molar refractivity (Wildman–Crippen MR) is 393 cm³/mol. The molecule has 0 aromatic carbocycles. The lowest BCUT2D eigenvalue weighted by molar-refractivity contribution is -0.146. The molecule has 1 heterocycles. The number of unbranched alkanes of at least 4 members (excludes halogenated alkanes) is 44. The number of hydrogen-bond acceptors (Lipinski definition) is 12. The fourth-order valence-corrected chi connectivity index (χ4v) is 14.0. The van der Waals surface area contributed by atoms with E-state index in [0.29, 0.717) is 65.6 Å².